The lowest BCUT2D eigenvalue weighted by Crippen LogP contribution is -2.04. The average molecular weight is 354 g/mol. The Labute approximate surface area is 152 Å². The molecule has 3 rings (SSSR count). The molecule has 26 heavy (non-hydrogen) atoms. The van der Waals surface area contributed by atoms with Crippen LogP contribution in [0.25, 0.3) is 11.0 Å². The molecule has 0 fully saturated rings. The van der Waals surface area contributed by atoms with E-state index in [1.54, 1.807) is 14.2 Å². The van der Waals surface area contributed by atoms with Crippen molar-refractivity contribution in [3.8, 4) is 11.5 Å². The Kier molecular flexibility index (Phi) is 4.64. The maximum atomic E-state index is 11.1. The van der Waals surface area contributed by atoms with Crippen LogP contribution in [0.4, 0.5) is 0 Å². The van der Waals surface area contributed by atoms with Crippen LogP contribution in [0.5, 0.6) is 11.5 Å². The minimum Gasteiger partial charge on any atom is -0.496 e. The van der Waals surface area contributed by atoms with Gasteiger partial charge in [0.25, 0.3) is 0 Å². The number of hydrogen-bond acceptors (Lipinski definition) is 4. The summed E-state index contributed by atoms with van der Waals surface area (Å²) in [4.78, 5) is 11.1. The van der Waals surface area contributed by atoms with Crippen molar-refractivity contribution in [3.05, 3.63) is 57.8 Å². The van der Waals surface area contributed by atoms with Gasteiger partial charge in [0.2, 0.25) is 5.76 Å². The highest BCUT2D eigenvalue weighted by molar-refractivity contribution is 5.91. The summed E-state index contributed by atoms with van der Waals surface area (Å²) in [5.41, 5.74) is 5.79. The number of carboxylic acid groups (broad SMARTS) is 1. The molecule has 3 aromatic rings. The molecule has 0 saturated heterocycles. The summed E-state index contributed by atoms with van der Waals surface area (Å²) in [7, 11) is 3.35. The van der Waals surface area contributed by atoms with Gasteiger partial charge in [-0.2, -0.15) is 0 Å². The molecule has 0 saturated carbocycles. The van der Waals surface area contributed by atoms with Gasteiger partial charge in [-0.05, 0) is 55.2 Å². The molecule has 5 heteroatoms. The Bertz CT molecular complexity index is 998. The normalized spacial score (nSPS) is 11.0. The summed E-state index contributed by atoms with van der Waals surface area (Å²) in [6.45, 7) is 6.07. The molecule has 1 N–H and O–H groups in total. The van der Waals surface area contributed by atoms with Crippen molar-refractivity contribution in [1.82, 2.24) is 0 Å². The van der Waals surface area contributed by atoms with Gasteiger partial charge in [-0.3, -0.25) is 0 Å². The first-order chi connectivity index (χ1) is 12.4. The van der Waals surface area contributed by atoms with Gasteiger partial charge in [0.1, 0.15) is 17.1 Å². The first kappa shape index (κ1) is 17.9. The smallest absolute Gasteiger partial charge is 0.371 e. The van der Waals surface area contributed by atoms with E-state index in [2.05, 4.69) is 0 Å². The molecule has 0 amide bonds. The lowest BCUT2D eigenvalue weighted by atomic mass is 9.93. The Morgan fingerprint density at radius 3 is 2.27 bits per heavy atom. The van der Waals surface area contributed by atoms with Crippen molar-refractivity contribution >= 4 is 16.9 Å². The van der Waals surface area contributed by atoms with Crippen LogP contribution in [0, 0.1) is 20.8 Å². The lowest BCUT2D eigenvalue weighted by molar-refractivity contribution is 0.0665. The summed E-state index contributed by atoms with van der Waals surface area (Å²) in [5, 5.41) is 9.86. The number of carbonyl (C=O) groups is 1. The van der Waals surface area contributed by atoms with Crippen LogP contribution in [-0.4, -0.2) is 25.3 Å². The van der Waals surface area contributed by atoms with E-state index < -0.39 is 5.97 Å². The van der Waals surface area contributed by atoms with Crippen molar-refractivity contribution in [2.45, 2.75) is 27.2 Å². The van der Waals surface area contributed by atoms with Gasteiger partial charge in [0.05, 0.1) is 14.2 Å². The molecule has 0 unspecified atom stereocenters. The molecular weight excluding hydrogens is 332 g/mol. The molecule has 0 radical (unpaired) electrons. The van der Waals surface area contributed by atoms with Crippen LogP contribution >= 0.6 is 0 Å². The number of fused-ring (bicyclic) bond motifs is 1. The molecule has 0 bridgehead atoms. The van der Waals surface area contributed by atoms with Crippen molar-refractivity contribution in [2.75, 3.05) is 14.2 Å². The third kappa shape index (κ3) is 2.90. The number of aromatic carboxylic acids is 1. The third-order valence-electron chi connectivity index (χ3n) is 4.90. The van der Waals surface area contributed by atoms with Crippen molar-refractivity contribution in [3.63, 3.8) is 0 Å². The third-order valence-corrected chi connectivity index (χ3v) is 4.90. The van der Waals surface area contributed by atoms with Crippen molar-refractivity contribution < 1.29 is 23.8 Å². The standard InChI is InChI=1S/C21H22O5/c1-11-12(2)20(25-5)16(13(3)19(11)24-4)8-14-6-7-15-10-18(21(22)23)26-17(15)9-14/h6-7,9-10H,8H2,1-5H3,(H,22,23). The second-order valence-electron chi connectivity index (χ2n) is 6.38. The first-order valence-corrected chi connectivity index (χ1v) is 8.33. The number of rotatable bonds is 5. The van der Waals surface area contributed by atoms with Crippen LogP contribution in [0.3, 0.4) is 0 Å². The molecule has 0 aliphatic heterocycles. The topological polar surface area (TPSA) is 68.9 Å². The highest BCUT2D eigenvalue weighted by Crippen LogP contribution is 2.39. The SMILES string of the molecule is COc1c(C)c(C)c(OC)c(Cc2ccc3cc(C(=O)O)oc3c2)c1C. The number of ether oxygens (including phenoxy) is 2. The summed E-state index contributed by atoms with van der Waals surface area (Å²) in [6, 6.07) is 7.26. The van der Waals surface area contributed by atoms with Gasteiger partial charge in [0, 0.05) is 17.4 Å². The molecule has 1 aromatic heterocycles. The molecule has 2 aromatic carbocycles. The van der Waals surface area contributed by atoms with Crippen LogP contribution < -0.4 is 9.47 Å². The predicted octanol–water partition coefficient (Wildman–Crippen LogP) is 4.66. The highest BCUT2D eigenvalue weighted by atomic mass is 16.5. The molecule has 0 atom stereocenters. The summed E-state index contributed by atoms with van der Waals surface area (Å²) in [5.74, 6) is 0.593. The van der Waals surface area contributed by atoms with E-state index in [0.29, 0.717) is 12.0 Å². The molecular formula is C21H22O5. The monoisotopic (exact) mass is 354 g/mol. The zero-order valence-corrected chi connectivity index (χ0v) is 15.6. The zero-order chi connectivity index (χ0) is 19.0. The van der Waals surface area contributed by atoms with Gasteiger partial charge < -0.3 is 19.0 Å². The average Bonchev–Trinajstić information content (AvgIpc) is 3.04. The molecule has 1 heterocycles. The Balaban J connectivity index is 2.09. The zero-order valence-electron chi connectivity index (χ0n) is 15.6. The van der Waals surface area contributed by atoms with Crippen molar-refractivity contribution in [2.24, 2.45) is 0 Å². The molecule has 0 spiro atoms. The quantitative estimate of drug-likeness (QED) is 0.721. The van der Waals surface area contributed by atoms with Gasteiger partial charge in [-0.15, -0.1) is 0 Å². The highest BCUT2D eigenvalue weighted by Gasteiger charge is 2.19. The molecule has 136 valence electrons. The Morgan fingerprint density at radius 2 is 1.65 bits per heavy atom. The van der Waals surface area contributed by atoms with Crippen LogP contribution in [0.2, 0.25) is 0 Å². The van der Waals surface area contributed by atoms with E-state index in [1.165, 1.54) is 6.07 Å². The summed E-state index contributed by atoms with van der Waals surface area (Å²) in [6.07, 6.45) is 0.630. The molecule has 5 nitrogen and oxygen atoms in total. The van der Waals surface area contributed by atoms with Gasteiger partial charge >= 0.3 is 5.97 Å². The second-order valence-corrected chi connectivity index (χ2v) is 6.38. The molecule has 0 aliphatic carbocycles. The second kappa shape index (κ2) is 6.75. The first-order valence-electron chi connectivity index (χ1n) is 8.33. The van der Waals surface area contributed by atoms with Gasteiger partial charge in [0.15, 0.2) is 0 Å². The summed E-state index contributed by atoms with van der Waals surface area (Å²) >= 11 is 0. The van der Waals surface area contributed by atoms with Crippen LogP contribution in [0.1, 0.15) is 38.4 Å². The number of furan rings is 1. The Hall–Kier alpha value is -2.95. The predicted molar refractivity (Wildman–Crippen MR) is 99.7 cm³/mol. The largest absolute Gasteiger partial charge is 0.496 e. The van der Waals surface area contributed by atoms with Crippen LogP contribution in [-0.2, 0) is 6.42 Å². The number of hydrogen-bond donors (Lipinski definition) is 1. The lowest BCUT2D eigenvalue weighted by Gasteiger charge is -2.20. The number of carboxylic acids is 1. The fourth-order valence-corrected chi connectivity index (χ4v) is 3.45. The van der Waals surface area contributed by atoms with Gasteiger partial charge in [-0.25, -0.2) is 4.79 Å². The van der Waals surface area contributed by atoms with E-state index in [0.717, 1.165) is 44.7 Å². The van der Waals surface area contributed by atoms with Crippen LogP contribution in [0.15, 0.2) is 28.7 Å². The van der Waals surface area contributed by atoms with Gasteiger partial charge in [-0.1, -0.05) is 12.1 Å². The summed E-state index contributed by atoms with van der Waals surface area (Å²) < 4.78 is 16.7. The van der Waals surface area contributed by atoms with Crippen molar-refractivity contribution in [1.29, 1.82) is 0 Å². The van der Waals surface area contributed by atoms with E-state index >= 15 is 0 Å². The minimum absolute atomic E-state index is 0.0567. The minimum atomic E-state index is -1.07. The van der Waals surface area contributed by atoms with E-state index in [-0.39, 0.29) is 5.76 Å². The number of benzene rings is 2. The fraction of sp³-hybridized carbons (Fsp3) is 0.286. The van der Waals surface area contributed by atoms with E-state index in [4.69, 9.17) is 19.0 Å². The Morgan fingerprint density at radius 1 is 1.00 bits per heavy atom. The maximum Gasteiger partial charge on any atom is 0.371 e. The van der Waals surface area contributed by atoms with E-state index in [1.807, 2.05) is 39.0 Å². The fourth-order valence-electron chi connectivity index (χ4n) is 3.45. The van der Waals surface area contributed by atoms with E-state index in [9.17, 15) is 4.79 Å². The molecule has 0 aliphatic rings. The maximum absolute atomic E-state index is 11.1. The number of methoxy groups -OCH3 is 2.